The zero-order chi connectivity index (χ0) is 17.2. The van der Waals surface area contributed by atoms with Gasteiger partial charge in [0.1, 0.15) is 0 Å². The van der Waals surface area contributed by atoms with Crippen LogP contribution >= 0.6 is 0 Å². The average Bonchev–Trinajstić information content (AvgIpc) is 2.89. The molecular formula is C23H31N. The molecule has 0 amide bonds. The van der Waals surface area contributed by atoms with Crippen LogP contribution in [0.25, 0.3) is 0 Å². The third kappa shape index (κ3) is 3.89. The molecule has 2 aromatic carbocycles. The zero-order valence-electron chi connectivity index (χ0n) is 15.5. The van der Waals surface area contributed by atoms with E-state index < -0.39 is 0 Å². The number of benzene rings is 2. The van der Waals surface area contributed by atoms with Crippen molar-refractivity contribution >= 4 is 0 Å². The van der Waals surface area contributed by atoms with Gasteiger partial charge in [0.05, 0.1) is 0 Å². The predicted molar refractivity (Wildman–Crippen MR) is 103 cm³/mol. The summed E-state index contributed by atoms with van der Waals surface area (Å²) in [6.45, 7) is 9.45. The molecule has 0 saturated carbocycles. The van der Waals surface area contributed by atoms with Crippen molar-refractivity contribution in [3.63, 3.8) is 0 Å². The smallest absolute Gasteiger partial charge is 0.0131 e. The molecule has 2 unspecified atom stereocenters. The van der Waals surface area contributed by atoms with Crippen molar-refractivity contribution in [2.75, 3.05) is 0 Å². The van der Waals surface area contributed by atoms with E-state index in [9.17, 15) is 0 Å². The van der Waals surface area contributed by atoms with Gasteiger partial charge >= 0.3 is 0 Å². The third-order valence-corrected chi connectivity index (χ3v) is 5.59. The molecule has 0 aromatic heterocycles. The van der Waals surface area contributed by atoms with E-state index in [0.717, 1.165) is 11.8 Å². The first-order chi connectivity index (χ1) is 11.5. The highest BCUT2D eigenvalue weighted by atomic mass is 15.0. The third-order valence-electron chi connectivity index (χ3n) is 5.59. The SMILES string of the molecule is CC(C)C1CC(C)(C)NC1CC(c1ccccc1)c1ccccc1. The summed E-state index contributed by atoms with van der Waals surface area (Å²) < 4.78 is 0. The van der Waals surface area contributed by atoms with Crippen molar-refractivity contribution in [3.05, 3.63) is 71.8 Å². The molecule has 128 valence electrons. The highest BCUT2D eigenvalue weighted by Gasteiger charge is 2.40. The highest BCUT2D eigenvalue weighted by Crippen LogP contribution is 2.39. The summed E-state index contributed by atoms with van der Waals surface area (Å²) in [4.78, 5) is 0. The average molecular weight is 322 g/mol. The number of hydrogen-bond donors (Lipinski definition) is 1. The standard InChI is InChI=1S/C23H31N/c1-17(2)21-16-23(3,4)24-22(21)15-20(18-11-7-5-8-12-18)19-13-9-6-10-14-19/h5-14,17,20-22,24H,15-16H2,1-4H3. The molecule has 1 aliphatic heterocycles. The van der Waals surface area contributed by atoms with Gasteiger partial charge in [0.2, 0.25) is 0 Å². The van der Waals surface area contributed by atoms with Crippen molar-refractivity contribution in [3.8, 4) is 0 Å². The van der Waals surface area contributed by atoms with Gasteiger partial charge in [-0.15, -0.1) is 0 Å². The van der Waals surface area contributed by atoms with Gasteiger partial charge in [-0.05, 0) is 49.7 Å². The Labute approximate surface area is 147 Å². The second-order valence-electron chi connectivity index (χ2n) is 8.36. The lowest BCUT2D eigenvalue weighted by Gasteiger charge is -2.28. The minimum absolute atomic E-state index is 0.248. The lowest BCUT2D eigenvalue weighted by molar-refractivity contribution is 0.320. The van der Waals surface area contributed by atoms with E-state index in [1.807, 2.05) is 0 Å². The molecule has 1 nitrogen and oxygen atoms in total. The molecule has 3 rings (SSSR count). The monoisotopic (exact) mass is 321 g/mol. The normalized spacial score (nSPS) is 23.1. The van der Waals surface area contributed by atoms with Crippen LogP contribution in [0.15, 0.2) is 60.7 Å². The second-order valence-corrected chi connectivity index (χ2v) is 8.36. The Morgan fingerprint density at radius 3 is 1.88 bits per heavy atom. The molecule has 2 aromatic rings. The molecule has 24 heavy (non-hydrogen) atoms. The van der Waals surface area contributed by atoms with Crippen molar-refractivity contribution < 1.29 is 0 Å². The van der Waals surface area contributed by atoms with E-state index in [0.29, 0.717) is 12.0 Å². The summed E-state index contributed by atoms with van der Waals surface area (Å²) in [6.07, 6.45) is 2.44. The van der Waals surface area contributed by atoms with E-state index in [2.05, 4.69) is 93.7 Å². The number of hydrogen-bond acceptors (Lipinski definition) is 1. The molecule has 1 heteroatoms. The minimum Gasteiger partial charge on any atom is -0.309 e. The number of rotatable bonds is 5. The lowest BCUT2D eigenvalue weighted by atomic mass is 9.79. The van der Waals surface area contributed by atoms with Crippen LogP contribution in [-0.2, 0) is 0 Å². The van der Waals surface area contributed by atoms with Crippen LogP contribution in [0, 0.1) is 11.8 Å². The predicted octanol–water partition coefficient (Wildman–Crippen LogP) is 5.62. The molecule has 1 fully saturated rings. The fourth-order valence-electron chi connectivity index (χ4n) is 4.42. The topological polar surface area (TPSA) is 12.0 Å². The molecule has 1 aliphatic rings. The first-order valence-electron chi connectivity index (χ1n) is 9.34. The van der Waals surface area contributed by atoms with E-state index >= 15 is 0 Å². The van der Waals surface area contributed by atoms with E-state index in [1.165, 1.54) is 24.0 Å². The molecular weight excluding hydrogens is 290 g/mol. The Morgan fingerprint density at radius 2 is 1.42 bits per heavy atom. The Bertz CT molecular complexity index is 590. The summed E-state index contributed by atoms with van der Waals surface area (Å²) in [6, 6.07) is 22.6. The van der Waals surface area contributed by atoms with Crippen molar-refractivity contribution in [2.24, 2.45) is 11.8 Å². The van der Waals surface area contributed by atoms with Crippen molar-refractivity contribution in [1.82, 2.24) is 5.32 Å². The Balaban J connectivity index is 1.90. The van der Waals surface area contributed by atoms with Gasteiger partial charge in [-0.2, -0.15) is 0 Å². The molecule has 0 aliphatic carbocycles. The summed E-state index contributed by atoms with van der Waals surface area (Å²) in [5.41, 5.74) is 3.10. The van der Waals surface area contributed by atoms with Gasteiger partial charge in [0.15, 0.2) is 0 Å². The summed E-state index contributed by atoms with van der Waals surface area (Å²) in [7, 11) is 0. The Kier molecular flexibility index (Phi) is 5.10. The van der Waals surface area contributed by atoms with Crippen molar-refractivity contribution in [2.45, 2.75) is 58.0 Å². The van der Waals surface area contributed by atoms with Gasteiger partial charge in [0, 0.05) is 17.5 Å². The summed E-state index contributed by atoms with van der Waals surface area (Å²) in [5, 5.41) is 3.93. The number of nitrogens with one attached hydrogen (secondary N) is 1. The van der Waals surface area contributed by atoms with Gasteiger partial charge in [-0.3, -0.25) is 0 Å². The van der Waals surface area contributed by atoms with Crippen molar-refractivity contribution in [1.29, 1.82) is 0 Å². The van der Waals surface area contributed by atoms with Crippen LogP contribution < -0.4 is 5.32 Å². The first kappa shape index (κ1) is 17.2. The Morgan fingerprint density at radius 1 is 0.917 bits per heavy atom. The van der Waals surface area contributed by atoms with Crippen LogP contribution in [0.2, 0.25) is 0 Å². The van der Waals surface area contributed by atoms with Gasteiger partial charge in [-0.25, -0.2) is 0 Å². The highest BCUT2D eigenvalue weighted by molar-refractivity contribution is 5.32. The van der Waals surface area contributed by atoms with Crippen LogP contribution in [0.4, 0.5) is 0 Å². The maximum absolute atomic E-state index is 3.93. The molecule has 0 radical (unpaired) electrons. The van der Waals surface area contributed by atoms with Crippen LogP contribution in [0.3, 0.4) is 0 Å². The fourth-order valence-corrected chi connectivity index (χ4v) is 4.42. The molecule has 1 heterocycles. The summed E-state index contributed by atoms with van der Waals surface area (Å²) >= 11 is 0. The van der Waals surface area contributed by atoms with Crippen LogP contribution in [0.1, 0.15) is 57.6 Å². The maximum Gasteiger partial charge on any atom is 0.0131 e. The van der Waals surface area contributed by atoms with E-state index in [1.54, 1.807) is 0 Å². The van der Waals surface area contributed by atoms with Gasteiger partial charge in [0.25, 0.3) is 0 Å². The fraction of sp³-hybridized carbons (Fsp3) is 0.478. The Hall–Kier alpha value is -1.60. The molecule has 2 atom stereocenters. The lowest BCUT2D eigenvalue weighted by Crippen LogP contribution is -2.39. The summed E-state index contributed by atoms with van der Waals surface area (Å²) in [5.74, 6) is 1.92. The quantitative estimate of drug-likeness (QED) is 0.753. The van der Waals surface area contributed by atoms with Gasteiger partial charge < -0.3 is 5.32 Å². The van der Waals surface area contributed by atoms with Gasteiger partial charge in [-0.1, -0.05) is 74.5 Å². The maximum atomic E-state index is 3.93. The molecule has 0 spiro atoms. The van der Waals surface area contributed by atoms with Crippen LogP contribution in [0.5, 0.6) is 0 Å². The zero-order valence-corrected chi connectivity index (χ0v) is 15.5. The van der Waals surface area contributed by atoms with E-state index in [-0.39, 0.29) is 5.54 Å². The molecule has 0 bridgehead atoms. The molecule has 1 saturated heterocycles. The largest absolute Gasteiger partial charge is 0.309 e. The van der Waals surface area contributed by atoms with Crippen LogP contribution in [-0.4, -0.2) is 11.6 Å². The first-order valence-corrected chi connectivity index (χ1v) is 9.34. The van der Waals surface area contributed by atoms with E-state index in [4.69, 9.17) is 0 Å². The second kappa shape index (κ2) is 7.11. The minimum atomic E-state index is 0.248. The molecule has 1 N–H and O–H groups in total.